The molecule has 0 saturated heterocycles. The Balaban J connectivity index is 2.04. The number of ether oxygens (including phenoxy) is 2. The highest BCUT2D eigenvalue weighted by Crippen LogP contribution is 2.27. The zero-order valence-corrected chi connectivity index (χ0v) is 14.8. The second-order valence-electron chi connectivity index (χ2n) is 5.60. The summed E-state index contributed by atoms with van der Waals surface area (Å²) in [6.45, 7) is 0.497. The van der Waals surface area contributed by atoms with Gasteiger partial charge in [-0.3, -0.25) is 19.7 Å². The van der Waals surface area contributed by atoms with Crippen molar-refractivity contribution < 1.29 is 28.8 Å². The summed E-state index contributed by atoms with van der Waals surface area (Å²) < 4.78 is 10.1. The van der Waals surface area contributed by atoms with E-state index in [2.05, 4.69) is 5.32 Å². The standard InChI is InChI=1S/C18H17N3O7/c1-11-5-4-7-13(21(25)26)17(11)20-16(23)10-28-18(24)12-6-2-3-8-14(12)27-9-15(19)22/h2-8H,9-10H2,1H3,(H2,19,22)(H,20,23). The van der Waals surface area contributed by atoms with Gasteiger partial charge in [-0.1, -0.05) is 24.3 Å². The lowest BCUT2D eigenvalue weighted by Crippen LogP contribution is -2.23. The Morgan fingerprint density at radius 3 is 2.50 bits per heavy atom. The van der Waals surface area contributed by atoms with Crippen LogP contribution in [0.1, 0.15) is 15.9 Å². The van der Waals surface area contributed by atoms with Crippen molar-refractivity contribution >= 4 is 29.2 Å². The Hall–Kier alpha value is -3.95. The zero-order valence-electron chi connectivity index (χ0n) is 14.8. The van der Waals surface area contributed by atoms with Gasteiger partial charge in [-0.15, -0.1) is 0 Å². The molecule has 0 spiro atoms. The van der Waals surface area contributed by atoms with Crippen LogP contribution < -0.4 is 15.8 Å². The van der Waals surface area contributed by atoms with Crippen molar-refractivity contribution in [3.05, 3.63) is 63.7 Å². The summed E-state index contributed by atoms with van der Waals surface area (Å²) in [7, 11) is 0. The maximum absolute atomic E-state index is 12.2. The van der Waals surface area contributed by atoms with Crippen molar-refractivity contribution in [1.29, 1.82) is 0 Å². The number of anilines is 1. The molecular formula is C18H17N3O7. The van der Waals surface area contributed by atoms with Gasteiger partial charge in [0.25, 0.3) is 17.5 Å². The number of esters is 1. The monoisotopic (exact) mass is 387 g/mol. The molecule has 0 radical (unpaired) electrons. The first-order chi connectivity index (χ1) is 13.3. The molecule has 0 fully saturated rings. The molecule has 10 nitrogen and oxygen atoms in total. The minimum Gasteiger partial charge on any atom is -0.483 e. The fraction of sp³-hybridized carbons (Fsp3) is 0.167. The molecule has 3 N–H and O–H groups in total. The number of primary amides is 1. The summed E-state index contributed by atoms with van der Waals surface area (Å²) in [5.41, 5.74) is 5.24. The second-order valence-corrected chi connectivity index (χ2v) is 5.60. The molecule has 2 aromatic rings. The highest BCUT2D eigenvalue weighted by atomic mass is 16.6. The molecule has 146 valence electrons. The molecule has 10 heteroatoms. The number of hydrogen-bond donors (Lipinski definition) is 2. The predicted octanol–water partition coefficient (Wildman–Crippen LogP) is 1.56. The highest BCUT2D eigenvalue weighted by Gasteiger charge is 2.20. The molecule has 0 unspecified atom stereocenters. The van der Waals surface area contributed by atoms with E-state index in [4.69, 9.17) is 15.2 Å². The van der Waals surface area contributed by atoms with Gasteiger partial charge in [0.2, 0.25) is 0 Å². The number of nitrogens with one attached hydrogen (secondary N) is 1. The Morgan fingerprint density at radius 1 is 1.11 bits per heavy atom. The Morgan fingerprint density at radius 2 is 1.82 bits per heavy atom. The zero-order chi connectivity index (χ0) is 20.7. The number of nitro benzene ring substituents is 1. The number of para-hydroxylation sites is 2. The first-order valence-electron chi connectivity index (χ1n) is 8.00. The second kappa shape index (κ2) is 9.12. The number of nitrogens with zero attached hydrogens (tertiary/aromatic N) is 1. The SMILES string of the molecule is Cc1cccc([N+](=O)[O-])c1NC(=O)COC(=O)c1ccccc1OCC(N)=O. The molecule has 0 bridgehead atoms. The van der Waals surface area contributed by atoms with Crippen molar-refractivity contribution in [3.8, 4) is 5.75 Å². The summed E-state index contributed by atoms with van der Waals surface area (Å²) in [6, 6.07) is 10.3. The third-order valence-corrected chi connectivity index (χ3v) is 3.52. The van der Waals surface area contributed by atoms with Crippen LogP contribution in [-0.4, -0.2) is 35.9 Å². The van der Waals surface area contributed by atoms with Crippen molar-refractivity contribution in [3.63, 3.8) is 0 Å². The van der Waals surface area contributed by atoms with E-state index in [1.165, 1.54) is 24.3 Å². The number of nitro groups is 1. The molecule has 0 aliphatic carbocycles. The number of carbonyl (C=O) groups excluding carboxylic acids is 3. The normalized spacial score (nSPS) is 10.0. The van der Waals surface area contributed by atoms with Crippen LogP contribution in [0.15, 0.2) is 42.5 Å². The molecule has 28 heavy (non-hydrogen) atoms. The third kappa shape index (κ3) is 5.27. The molecule has 0 heterocycles. The molecule has 2 amide bonds. The minimum atomic E-state index is -0.866. The van der Waals surface area contributed by atoms with Crippen molar-refractivity contribution in [1.82, 2.24) is 0 Å². The van der Waals surface area contributed by atoms with Crippen molar-refractivity contribution in [2.45, 2.75) is 6.92 Å². The van der Waals surface area contributed by atoms with Crippen LogP contribution in [0.2, 0.25) is 0 Å². The van der Waals surface area contributed by atoms with Crippen LogP contribution >= 0.6 is 0 Å². The Bertz CT molecular complexity index is 927. The number of carbonyl (C=O) groups is 3. The summed E-state index contributed by atoms with van der Waals surface area (Å²) in [6.07, 6.45) is 0. The topological polar surface area (TPSA) is 151 Å². The average Bonchev–Trinajstić information content (AvgIpc) is 2.66. The fourth-order valence-corrected chi connectivity index (χ4v) is 2.26. The highest BCUT2D eigenvalue weighted by molar-refractivity contribution is 5.98. The molecule has 0 atom stereocenters. The molecule has 2 aromatic carbocycles. The van der Waals surface area contributed by atoms with Gasteiger partial charge in [0.1, 0.15) is 17.0 Å². The smallest absolute Gasteiger partial charge is 0.342 e. The predicted molar refractivity (Wildman–Crippen MR) is 97.9 cm³/mol. The first-order valence-corrected chi connectivity index (χ1v) is 8.00. The maximum atomic E-state index is 12.2. The third-order valence-electron chi connectivity index (χ3n) is 3.52. The van der Waals surface area contributed by atoms with Gasteiger partial charge in [-0.05, 0) is 24.6 Å². The molecule has 0 aliphatic rings. The first kappa shape index (κ1) is 20.4. The molecule has 0 aliphatic heterocycles. The van der Waals surface area contributed by atoms with E-state index in [-0.39, 0.29) is 22.7 Å². The maximum Gasteiger partial charge on any atom is 0.342 e. The molecular weight excluding hydrogens is 370 g/mol. The fourth-order valence-electron chi connectivity index (χ4n) is 2.26. The lowest BCUT2D eigenvalue weighted by atomic mass is 10.1. The minimum absolute atomic E-state index is 0.00146. The van der Waals surface area contributed by atoms with E-state index in [9.17, 15) is 24.5 Å². The average molecular weight is 387 g/mol. The summed E-state index contributed by atoms with van der Waals surface area (Å²) in [5.74, 6) is -2.26. The number of rotatable bonds is 8. The van der Waals surface area contributed by atoms with Crippen LogP contribution in [0.25, 0.3) is 0 Å². The van der Waals surface area contributed by atoms with Crippen LogP contribution in [0.3, 0.4) is 0 Å². The molecule has 2 rings (SSSR count). The van der Waals surface area contributed by atoms with Crippen LogP contribution in [0.5, 0.6) is 5.75 Å². The van der Waals surface area contributed by atoms with Gasteiger partial charge in [0.15, 0.2) is 13.2 Å². The van der Waals surface area contributed by atoms with Gasteiger partial charge in [-0.25, -0.2) is 4.79 Å². The van der Waals surface area contributed by atoms with Crippen molar-refractivity contribution in [2.24, 2.45) is 5.73 Å². The summed E-state index contributed by atoms with van der Waals surface area (Å²) in [5, 5.41) is 13.4. The van der Waals surface area contributed by atoms with Gasteiger partial charge in [-0.2, -0.15) is 0 Å². The number of hydrogen-bond acceptors (Lipinski definition) is 7. The van der Waals surface area contributed by atoms with Crippen molar-refractivity contribution in [2.75, 3.05) is 18.5 Å². The van der Waals surface area contributed by atoms with E-state index in [1.807, 2.05) is 0 Å². The number of benzene rings is 2. The van der Waals surface area contributed by atoms with E-state index < -0.39 is 35.9 Å². The van der Waals surface area contributed by atoms with Gasteiger partial charge < -0.3 is 20.5 Å². The van der Waals surface area contributed by atoms with E-state index >= 15 is 0 Å². The van der Waals surface area contributed by atoms with Crippen LogP contribution in [-0.2, 0) is 14.3 Å². The van der Waals surface area contributed by atoms with E-state index in [0.29, 0.717) is 5.56 Å². The number of aryl methyl sites for hydroxylation is 1. The summed E-state index contributed by atoms with van der Waals surface area (Å²) in [4.78, 5) is 45.6. The molecule has 0 aromatic heterocycles. The number of amides is 2. The number of nitrogens with two attached hydrogens (primary N) is 1. The largest absolute Gasteiger partial charge is 0.483 e. The Kier molecular flexibility index (Phi) is 6.63. The van der Waals surface area contributed by atoms with Gasteiger partial charge in [0.05, 0.1) is 4.92 Å². The van der Waals surface area contributed by atoms with E-state index in [0.717, 1.165) is 0 Å². The van der Waals surface area contributed by atoms with Crippen LogP contribution in [0.4, 0.5) is 11.4 Å². The lowest BCUT2D eigenvalue weighted by molar-refractivity contribution is -0.384. The quantitative estimate of drug-likeness (QED) is 0.396. The lowest BCUT2D eigenvalue weighted by Gasteiger charge is -2.11. The van der Waals surface area contributed by atoms with Gasteiger partial charge >= 0.3 is 5.97 Å². The summed E-state index contributed by atoms with van der Waals surface area (Å²) >= 11 is 0. The molecule has 0 saturated carbocycles. The van der Waals surface area contributed by atoms with Gasteiger partial charge in [0, 0.05) is 6.07 Å². The van der Waals surface area contributed by atoms with Crippen LogP contribution in [0, 0.1) is 17.0 Å². The van der Waals surface area contributed by atoms with E-state index in [1.54, 1.807) is 25.1 Å². The Labute approximate surface area is 159 Å².